The molecule has 5 nitrogen and oxygen atoms in total. The van der Waals surface area contributed by atoms with Gasteiger partial charge in [0.15, 0.2) is 0 Å². The number of nitrogens with zero attached hydrogens (tertiary/aromatic N) is 2. The van der Waals surface area contributed by atoms with E-state index < -0.39 is 18.7 Å². The van der Waals surface area contributed by atoms with E-state index in [1.807, 2.05) is 6.07 Å². The molecule has 0 spiro atoms. The first kappa shape index (κ1) is 21.0. The van der Waals surface area contributed by atoms with Crippen molar-refractivity contribution in [2.75, 3.05) is 6.61 Å². The summed E-state index contributed by atoms with van der Waals surface area (Å²) in [6.45, 7) is -0.869. The zero-order valence-electron chi connectivity index (χ0n) is 16.7. The maximum absolute atomic E-state index is 12.9. The number of rotatable bonds is 6. The molecule has 162 valence electrons. The smallest absolute Gasteiger partial charge is 0.394 e. The average Bonchev–Trinajstić information content (AvgIpc) is 3.57. The van der Waals surface area contributed by atoms with E-state index in [0.29, 0.717) is 37.2 Å². The van der Waals surface area contributed by atoms with Crippen molar-refractivity contribution in [3.63, 3.8) is 0 Å². The summed E-state index contributed by atoms with van der Waals surface area (Å²) in [5.74, 6) is -1.42. The molecule has 2 aromatic rings. The number of alkyl halides is 3. The lowest BCUT2D eigenvalue weighted by molar-refractivity contribution is -0.189. The Morgan fingerprint density at radius 3 is 2.47 bits per heavy atom. The Morgan fingerprint density at radius 2 is 1.83 bits per heavy atom. The maximum atomic E-state index is 12.9. The van der Waals surface area contributed by atoms with Gasteiger partial charge in [0.25, 0.3) is 5.91 Å². The van der Waals surface area contributed by atoms with E-state index in [0.717, 1.165) is 29.4 Å². The first-order valence-corrected chi connectivity index (χ1v) is 10.6. The number of pyridine rings is 2. The Labute approximate surface area is 173 Å². The van der Waals surface area contributed by atoms with Crippen LogP contribution >= 0.6 is 0 Å². The van der Waals surface area contributed by atoms with Crippen molar-refractivity contribution in [2.24, 2.45) is 11.8 Å². The van der Waals surface area contributed by atoms with Gasteiger partial charge in [-0.2, -0.15) is 13.2 Å². The normalized spacial score (nSPS) is 23.3. The molecule has 0 aliphatic heterocycles. The standard InChI is InChI=1S/C22H26F3N3O2/c23-22(24,25)17(12-29)7-13-1-5-18(6-2-13)28-21(30)16-8-15-10-26-19(14-3-4-14)9-20(15)27-11-16/h8-11,13-14,17-18,29H,1-7,12H2,(H,28,30)/t13?,17-,18?/m1/s1. The lowest BCUT2D eigenvalue weighted by Gasteiger charge is -2.31. The molecule has 2 aliphatic rings. The summed E-state index contributed by atoms with van der Waals surface area (Å²) in [6.07, 6.45) is 3.74. The molecule has 2 saturated carbocycles. The minimum atomic E-state index is -4.36. The number of hydrogen-bond donors (Lipinski definition) is 2. The number of aliphatic hydroxyl groups is 1. The zero-order chi connectivity index (χ0) is 21.3. The van der Waals surface area contributed by atoms with E-state index in [2.05, 4.69) is 15.3 Å². The second-order valence-corrected chi connectivity index (χ2v) is 8.65. The van der Waals surface area contributed by atoms with Gasteiger partial charge in [-0.25, -0.2) is 0 Å². The van der Waals surface area contributed by atoms with E-state index in [9.17, 15) is 18.0 Å². The molecule has 0 radical (unpaired) electrons. The van der Waals surface area contributed by atoms with Gasteiger partial charge in [-0.1, -0.05) is 0 Å². The van der Waals surface area contributed by atoms with Crippen LogP contribution < -0.4 is 5.32 Å². The van der Waals surface area contributed by atoms with Crippen LogP contribution in [-0.4, -0.2) is 39.8 Å². The van der Waals surface area contributed by atoms with Crippen LogP contribution in [0.25, 0.3) is 10.9 Å². The number of aliphatic hydroxyl groups excluding tert-OH is 1. The summed E-state index contributed by atoms with van der Waals surface area (Å²) in [5.41, 5.74) is 2.34. The Morgan fingerprint density at radius 1 is 1.10 bits per heavy atom. The Hall–Kier alpha value is -2.22. The van der Waals surface area contributed by atoms with Crippen LogP contribution in [0, 0.1) is 11.8 Å². The highest BCUT2D eigenvalue weighted by Gasteiger charge is 2.40. The van der Waals surface area contributed by atoms with Crippen LogP contribution in [-0.2, 0) is 0 Å². The van der Waals surface area contributed by atoms with Gasteiger partial charge in [-0.05, 0) is 63.0 Å². The lowest BCUT2D eigenvalue weighted by Crippen LogP contribution is -2.38. The molecule has 0 unspecified atom stereocenters. The molecule has 0 aromatic carbocycles. The number of aromatic nitrogens is 2. The van der Waals surface area contributed by atoms with Gasteiger partial charge in [0, 0.05) is 35.4 Å². The molecule has 2 heterocycles. The third kappa shape index (κ3) is 4.91. The van der Waals surface area contributed by atoms with Crippen LogP contribution in [0.1, 0.15) is 66.9 Å². The molecule has 2 aliphatic carbocycles. The molecule has 4 rings (SSSR count). The molecule has 2 N–H and O–H groups in total. The summed E-state index contributed by atoms with van der Waals surface area (Å²) >= 11 is 0. The summed E-state index contributed by atoms with van der Waals surface area (Å²) < 4.78 is 38.6. The molecule has 1 atom stereocenters. The fourth-order valence-corrected chi connectivity index (χ4v) is 4.29. The minimum absolute atomic E-state index is 0.0505. The first-order chi connectivity index (χ1) is 14.3. The van der Waals surface area contributed by atoms with Crippen LogP contribution in [0.4, 0.5) is 13.2 Å². The van der Waals surface area contributed by atoms with E-state index in [1.165, 1.54) is 0 Å². The topological polar surface area (TPSA) is 75.1 Å². The quantitative estimate of drug-likeness (QED) is 0.727. The van der Waals surface area contributed by atoms with Crippen LogP contribution in [0.2, 0.25) is 0 Å². The number of halogens is 3. The largest absolute Gasteiger partial charge is 0.396 e. The monoisotopic (exact) mass is 421 g/mol. The van der Waals surface area contributed by atoms with Gasteiger partial charge in [-0.15, -0.1) is 0 Å². The maximum Gasteiger partial charge on any atom is 0.394 e. The summed E-state index contributed by atoms with van der Waals surface area (Å²) in [7, 11) is 0. The fraction of sp³-hybridized carbons (Fsp3) is 0.591. The van der Waals surface area contributed by atoms with Gasteiger partial charge in [0.05, 0.1) is 23.6 Å². The predicted molar refractivity (Wildman–Crippen MR) is 106 cm³/mol. The highest BCUT2D eigenvalue weighted by molar-refractivity contribution is 5.97. The van der Waals surface area contributed by atoms with Gasteiger partial charge >= 0.3 is 6.18 Å². The number of fused-ring (bicyclic) bond motifs is 1. The van der Waals surface area contributed by atoms with Gasteiger partial charge in [-0.3, -0.25) is 14.8 Å². The molecule has 30 heavy (non-hydrogen) atoms. The average molecular weight is 421 g/mol. The summed E-state index contributed by atoms with van der Waals surface area (Å²) in [5, 5.41) is 12.8. The van der Waals surface area contributed by atoms with E-state index in [1.54, 1.807) is 18.5 Å². The SMILES string of the molecule is O=C(NC1CCC(C[C@H](CO)C(F)(F)F)CC1)c1cnc2cc(C3CC3)ncc2c1. The van der Waals surface area contributed by atoms with Crippen molar-refractivity contribution >= 4 is 16.8 Å². The number of nitrogens with one attached hydrogen (secondary N) is 1. The van der Waals surface area contributed by atoms with Crippen LogP contribution in [0.15, 0.2) is 24.5 Å². The number of hydrogen-bond acceptors (Lipinski definition) is 4. The third-order valence-corrected chi connectivity index (χ3v) is 6.33. The molecule has 1 amide bonds. The Kier molecular flexibility index (Phi) is 5.95. The third-order valence-electron chi connectivity index (χ3n) is 6.33. The zero-order valence-corrected chi connectivity index (χ0v) is 16.7. The molecule has 8 heteroatoms. The van der Waals surface area contributed by atoms with Crippen molar-refractivity contribution < 1.29 is 23.1 Å². The number of carbonyl (C=O) groups is 1. The highest BCUT2D eigenvalue weighted by atomic mass is 19.4. The molecular formula is C22H26F3N3O2. The van der Waals surface area contributed by atoms with Crippen molar-refractivity contribution in [1.29, 1.82) is 0 Å². The van der Waals surface area contributed by atoms with Crippen molar-refractivity contribution in [2.45, 2.75) is 63.1 Å². The van der Waals surface area contributed by atoms with Crippen molar-refractivity contribution in [1.82, 2.24) is 15.3 Å². The summed E-state index contributed by atoms with van der Waals surface area (Å²) in [6, 6.07) is 3.71. The van der Waals surface area contributed by atoms with E-state index in [-0.39, 0.29) is 24.3 Å². The van der Waals surface area contributed by atoms with Gasteiger partial charge in [0.1, 0.15) is 0 Å². The van der Waals surface area contributed by atoms with E-state index in [4.69, 9.17) is 5.11 Å². The molecule has 2 fully saturated rings. The minimum Gasteiger partial charge on any atom is -0.396 e. The molecule has 0 bridgehead atoms. The molecule has 2 aromatic heterocycles. The predicted octanol–water partition coefficient (Wildman–Crippen LogP) is 4.36. The van der Waals surface area contributed by atoms with Gasteiger partial charge < -0.3 is 10.4 Å². The second kappa shape index (κ2) is 8.49. The summed E-state index contributed by atoms with van der Waals surface area (Å²) in [4.78, 5) is 21.5. The lowest BCUT2D eigenvalue weighted by atomic mass is 9.80. The van der Waals surface area contributed by atoms with Crippen molar-refractivity contribution in [3.05, 3.63) is 35.8 Å². The highest BCUT2D eigenvalue weighted by Crippen LogP contribution is 2.39. The van der Waals surface area contributed by atoms with Crippen molar-refractivity contribution in [3.8, 4) is 0 Å². The fourth-order valence-electron chi connectivity index (χ4n) is 4.29. The van der Waals surface area contributed by atoms with E-state index >= 15 is 0 Å². The Balaban J connectivity index is 1.32. The van der Waals surface area contributed by atoms with Gasteiger partial charge in [0.2, 0.25) is 0 Å². The molecular weight excluding hydrogens is 395 g/mol. The number of carbonyl (C=O) groups excluding carboxylic acids is 1. The second-order valence-electron chi connectivity index (χ2n) is 8.65. The number of amides is 1. The van der Waals surface area contributed by atoms with Crippen LogP contribution in [0.5, 0.6) is 0 Å². The Bertz CT molecular complexity index is 906. The van der Waals surface area contributed by atoms with Crippen LogP contribution in [0.3, 0.4) is 0 Å². The first-order valence-electron chi connectivity index (χ1n) is 10.6. The molecule has 0 saturated heterocycles.